The third-order valence-corrected chi connectivity index (χ3v) is 1.01. The number of unbranched alkanes of at least 4 members (excludes halogenated alkanes) is 1. The SMILES string of the molecule is C=CCCCBC. The normalized spacial score (nSPS) is 8.14. The minimum Gasteiger partial charge on any atom is -0.103 e. The molecule has 0 amide bonds. The first kappa shape index (κ1) is 6.80. The third-order valence-electron chi connectivity index (χ3n) is 1.01. The van der Waals surface area contributed by atoms with Gasteiger partial charge in [-0.05, 0) is 6.42 Å². The van der Waals surface area contributed by atoms with Gasteiger partial charge in [0.15, 0.2) is 0 Å². The van der Waals surface area contributed by atoms with Crippen molar-refractivity contribution in [2.24, 2.45) is 0 Å². The maximum atomic E-state index is 3.63. The molecule has 40 valence electrons. The van der Waals surface area contributed by atoms with Crippen LogP contribution in [0.25, 0.3) is 0 Å². The standard InChI is InChI=1S/C6H13B/c1-3-4-5-6-7-2/h3,7H,1,4-6H2,2H3. The highest BCUT2D eigenvalue weighted by atomic mass is 13.7. The zero-order valence-electron chi connectivity index (χ0n) is 5.11. The molecule has 0 nitrogen and oxygen atoms in total. The van der Waals surface area contributed by atoms with E-state index in [4.69, 9.17) is 0 Å². The molecule has 0 saturated heterocycles. The Balaban J connectivity index is 2.56. The highest BCUT2D eigenvalue weighted by molar-refractivity contribution is 6.33. The lowest BCUT2D eigenvalue weighted by atomic mass is 9.76. The van der Waals surface area contributed by atoms with Crippen LogP contribution in [0.15, 0.2) is 12.7 Å². The topological polar surface area (TPSA) is 0 Å². The molecule has 0 unspecified atom stereocenters. The van der Waals surface area contributed by atoms with Crippen molar-refractivity contribution in [3.8, 4) is 0 Å². The molecule has 0 radical (unpaired) electrons. The van der Waals surface area contributed by atoms with Gasteiger partial charge >= 0.3 is 0 Å². The van der Waals surface area contributed by atoms with Gasteiger partial charge in [0.1, 0.15) is 7.28 Å². The Morgan fingerprint density at radius 1 is 1.71 bits per heavy atom. The van der Waals surface area contributed by atoms with Gasteiger partial charge in [0.2, 0.25) is 0 Å². The lowest BCUT2D eigenvalue weighted by molar-refractivity contribution is 0.953. The van der Waals surface area contributed by atoms with Crippen LogP contribution in [0.1, 0.15) is 12.8 Å². The summed E-state index contributed by atoms with van der Waals surface area (Å²) in [5.74, 6) is 0. The molecule has 0 aromatic heterocycles. The van der Waals surface area contributed by atoms with Gasteiger partial charge < -0.3 is 0 Å². The smallest absolute Gasteiger partial charge is 0.103 e. The quantitative estimate of drug-likeness (QED) is 0.284. The molecule has 0 heterocycles. The van der Waals surface area contributed by atoms with E-state index < -0.39 is 0 Å². The fourth-order valence-electron chi connectivity index (χ4n) is 0.539. The fourth-order valence-corrected chi connectivity index (χ4v) is 0.539. The Labute approximate surface area is 46.9 Å². The van der Waals surface area contributed by atoms with E-state index in [2.05, 4.69) is 13.4 Å². The van der Waals surface area contributed by atoms with Gasteiger partial charge in [-0.2, -0.15) is 0 Å². The summed E-state index contributed by atoms with van der Waals surface area (Å²) in [6.07, 6.45) is 5.84. The van der Waals surface area contributed by atoms with Gasteiger partial charge in [-0.3, -0.25) is 0 Å². The summed E-state index contributed by atoms with van der Waals surface area (Å²) in [6.45, 7) is 5.84. The van der Waals surface area contributed by atoms with Gasteiger partial charge in [0, 0.05) is 0 Å². The Bertz CT molecular complexity index is 41.4. The van der Waals surface area contributed by atoms with Crippen LogP contribution < -0.4 is 0 Å². The Morgan fingerprint density at radius 3 is 2.86 bits per heavy atom. The molecule has 0 saturated carbocycles. The molecule has 7 heavy (non-hydrogen) atoms. The van der Waals surface area contributed by atoms with Crippen molar-refractivity contribution >= 4 is 7.28 Å². The van der Waals surface area contributed by atoms with E-state index >= 15 is 0 Å². The second-order valence-corrected chi connectivity index (χ2v) is 1.78. The lowest BCUT2D eigenvalue weighted by Gasteiger charge is -1.86. The second kappa shape index (κ2) is 5.80. The van der Waals surface area contributed by atoms with Crippen LogP contribution in [0.4, 0.5) is 0 Å². The highest BCUT2D eigenvalue weighted by Crippen LogP contribution is 1.93. The number of hydrogen-bond donors (Lipinski definition) is 0. The second-order valence-electron chi connectivity index (χ2n) is 1.78. The fraction of sp³-hybridized carbons (Fsp3) is 0.667. The molecule has 0 aliphatic heterocycles. The summed E-state index contributed by atoms with van der Waals surface area (Å²) in [6, 6.07) is 0. The van der Waals surface area contributed by atoms with Crippen LogP contribution in [0.2, 0.25) is 13.1 Å². The first-order valence-electron chi connectivity index (χ1n) is 3.02. The maximum Gasteiger partial charge on any atom is 0.117 e. The zero-order valence-corrected chi connectivity index (χ0v) is 5.11. The first-order valence-corrected chi connectivity index (χ1v) is 3.02. The van der Waals surface area contributed by atoms with E-state index in [0.717, 1.165) is 0 Å². The minimum atomic E-state index is 1.19. The van der Waals surface area contributed by atoms with E-state index in [1.807, 2.05) is 6.08 Å². The van der Waals surface area contributed by atoms with Crippen LogP contribution in [-0.2, 0) is 0 Å². The van der Waals surface area contributed by atoms with Crippen molar-refractivity contribution in [2.45, 2.75) is 26.0 Å². The molecule has 1 heteroatoms. The molecule has 0 atom stereocenters. The number of allylic oxidation sites excluding steroid dienone is 1. The highest BCUT2D eigenvalue weighted by Gasteiger charge is 1.79. The predicted octanol–water partition coefficient (Wildman–Crippen LogP) is 1.86. The van der Waals surface area contributed by atoms with E-state index in [0.29, 0.717) is 0 Å². The van der Waals surface area contributed by atoms with E-state index in [1.165, 1.54) is 26.4 Å². The van der Waals surface area contributed by atoms with Crippen LogP contribution in [-0.4, -0.2) is 7.28 Å². The average Bonchev–Trinajstić information content (AvgIpc) is 1.69. The van der Waals surface area contributed by atoms with Crippen LogP contribution in [0.3, 0.4) is 0 Å². The van der Waals surface area contributed by atoms with Crippen LogP contribution >= 0.6 is 0 Å². The molecule has 0 aliphatic rings. The maximum absolute atomic E-state index is 3.63. The number of rotatable bonds is 4. The monoisotopic (exact) mass is 96.1 g/mol. The van der Waals surface area contributed by atoms with Crippen molar-refractivity contribution in [3.63, 3.8) is 0 Å². The summed E-state index contributed by atoms with van der Waals surface area (Å²) >= 11 is 0. The van der Waals surface area contributed by atoms with Crippen molar-refractivity contribution in [2.75, 3.05) is 0 Å². The van der Waals surface area contributed by atoms with Gasteiger partial charge in [0.25, 0.3) is 0 Å². The Kier molecular flexibility index (Phi) is 5.64. The first-order chi connectivity index (χ1) is 3.41. The predicted molar refractivity (Wildman–Crippen MR) is 37.3 cm³/mol. The number of hydrogen-bond acceptors (Lipinski definition) is 0. The van der Waals surface area contributed by atoms with E-state index in [1.54, 1.807) is 0 Å². The van der Waals surface area contributed by atoms with Gasteiger partial charge in [-0.1, -0.05) is 25.6 Å². The summed E-state index contributed by atoms with van der Waals surface area (Å²) in [7, 11) is 1.31. The molecular formula is C6H13B. The Hall–Kier alpha value is -0.195. The molecule has 0 aliphatic carbocycles. The van der Waals surface area contributed by atoms with Crippen molar-refractivity contribution in [1.82, 2.24) is 0 Å². The third kappa shape index (κ3) is 5.80. The summed E-state index contributed by atoms with van der Waals surface area (Å²) in [5, 5.41) is 0. The molecule has 0 N–H and O–H groups in total. The Morgan fingerprint density at radius 2 is 2.43 bits per heavy atom. The van der Waals surface area contributed by atoms with Gasteiger partial charge in [-0.25, -0.2) is 0 Å². The minimum absolute atomic E-state index is 1.19. The zero-order chi connectivity index (χ0) is 5.54. The summed E-state index contributed by atoms with van der Waals surface area (Å²) in [5.41, 5.74) is 0. The van der Waals surface area contributed by atoms with Crippen LogP contribution in [0, 0.1) is 0 Å². The molecule has 0 spiro atoms. The molecular weight excluding hydrogens is 82.9 g/mol. The van der Waals surface area contributed by atoms with Crippen molar-refractivity contribution < 1.29 is 0 Å². The molecule has 0 bridgehead atoms. The van der Waals surface area contributed by atoms with E-state index in [9.17, 15) is 0 Å². The molecule has 0 rings (SSSR count). The van der Waals surface area contributed by atoms with Gasteiger partial charge in [0.05, 0.1) is 0 Å². The molecule has 0 aromatic carbocycles. The average molecular weight is 96.0 g/mol. The lowest BCUT2D eigenvalue weighted by Crippen LogP contribution is -1.77. The molecule has 0 fully saturated rings. The summed E-state index contributed by atoms with van der Waals surface area (Å²) in [4.78, 5) is 0. The summed E-state index contributed by atoms with van der Waals surface area (Å²) < 4.78 is 0. The molecule has 0 aromatic rings. The van der Waals surface area contributed by atoms with Crippen molar-refractivity contribution in [1.29, 1.82) is 0 Å². The van der Waals surface area contributed by atoms with Gasteiger partial charge in [-0.15, -0.1) is 6.58 Å². The largest absolute Gasteiger partial charge is 0.117 e. The van der Waals surface area contributed by atoms with E-state index in [-0.39, 0.29) is 0 Å². The van der Waals surface area contributed by atoms with Crippen molar-refractivity contribution in [3.05, 3.63) is 12.7 Å². The van der Waals surface area contributed by atoms with Crippen LogP contribution in [0.5, 0.6) is 0 Å².